The van der Waals surface area contributed by atoms with E-state index in [1.165, 1.54) is 25.3 Å². The predicted molar refractivity (Wildman–Crippen MR) is 95.0 cm³/mol. The van der Waals surface area contributed by atoms with Gasteiger partial charge in [-0.25, -0.2) is 9.37 Å². The van der Waals surface area contributed by atoms with Gasteiger partial charge < -0.3 is 9.88 Å². The van der Waals surface area contributed by atoms with Crippen molar-refractivity contribution in [2.75, 3.05) is 0 Å². The molecular weight excluding hydrogens is 333 g/mol. The number of fused-ring (bicyclic) bond motifs is 1. The van der Waals surface area contributed by atoms with Gasteiger partial charge in [-0.1, -0.05) is 37.5 Å². The van der Waals surface area contributed by atoms with Gasteiger partial charge in [-0.05, 0) is 25.0 Å². The van der Waals surface area contributed by atoms with Gasteiger partial charge in [-0.2, -0.15) is 0 Å². The molecule has 134 valence electrons. The van der Waals surface area contributed by atoms with E-state index in [4.69, 9.17) is 0 Å². The minimum absolute atomic E-state index is 0.186. The summed E-state index contributed by atoms with van der Waals surface area (Å²) in [5.74, 6) is -0.0558. The molecule has 1 fully saturated rings. The molecule has 2 heterocycles. The number of pyridine rings is 1. The zero-order chi connectivity index (χ0) is 17.9. The van der Waals surface area contributed by atoms with Gasteiger partial charge in [-0.15, -0.1) is 10.2 Å². The number of nitrogens with zero attached hydrogens (tertiary/aromatic N) is 4. The Labute approximate surface area is 150 Å². The molecule has 1 saturated carbocycles. The molecule has 3 aromatic rings. The standard InChI is InChI=1S/C19H20FN5O/c20-15-8-4-5-13-9-10-16(23-18(13)15)19(26)21-11-17-24-22-12-25(17)14-6-2-1-3-7-14/h4-5,8-10,12,14H,1-3,6-7,11H2,(H,21,26). The summed E-state index contributed by atoms with van der Waals surface area (Å²) in [5, 5.41) is 11.6. The minimum Gasteiger partial charge on any atom is -0.343 e. The number of nitrogens with one attached hydrogen (secondary N) is 1. The average Bonchev–Trinajstić information content (AvgIpc) is 3.15. The van der Waals surface area contributed by atoms with Crippen molar-refractivity contribution in [2.24, 2.45) is 0 Å². The zero-order valence-electron chi connectivity index (χ0n) is 14.4. The van der Waals surface area contributed by atoms with Crippen molar-refractivity contribution in [1.82, 2.24) is 25.1 Å². The van der Waals surface area contributed by atoms with Crippen LogP contribution in [0.25, 0.3) is 10.9 Å². The van der Waals surface area contributed by atoms with Gasteiger partial charge in [0, 0.05) is 11.4 Å². The second kappa shape index (κ2) is 7.19. The normalized spacial score (nSPS) is 15.3. The Morgan fingerprint density at radius 3 is 2.88 bits per heavy atom. The van der Waals surface area contributed by atoms with E-state index in [1.807, 2.05) is 0 Å². The van der Waals surface area contributed by atoms with Crippen LogP contribution in [0.15, 0.2) is 36.7 Å². The lowest BCUT2D eigenvalue weighted by atomic mass is 9.95. The molecule has 4 rings (SSSR count). The van der Waals surface area contributed by atoms with Crippen LogP contribution >= 0.6 is 0 Å². The average molecular weight is 353 g/mol. The van der Waals surface area contributed by atoms with Crippen molar-refractivity contribution in [3.63, 3.8) is 0 Å². The molecule has 0 unspecified atom stereocenters. The van der Waals surface area contributed by atoms with Gasteiger partial charge in [0.15, 0.2) is 5.82 Å². The maximum absolute atomic E-state index is 13.9. The van der Waals surface area contributed by atoms with Crippen LogP contribution in [-0.2, 0) is 6.54 Å². The number of hydrogen-bond donors (Lipinski definition) is 1. The monoisotopic (exact) mass is 353 g/mol. The molecule has 6 nitrogen and oxygen atoms in total. The highest BCUT2D eigenvalue weighted by Gasteiger charge is 2.19. The Hall–Kier alpha value is -2.83. The van der Waals surface area contributed by atoms with E-state index in [1.54, 1.807) is 30.6 Å². The summed E-state index contributed by atoms with van der Waals surface area (Å²) < 4.78 is 15.9. The first-order valence-electron chi connectivity index (χ1n) is 8.94. The van der Waals surface area contributed by atoms with Crippen molar-refractivity contribution in [3.8, 4) is 0 Å². The number of aromatic nitrogens is 4. The molecule has 0 saturated heterocycles. The maximum Gasteiger partial charge on any atom is 0.270 e. The second-order valence-electron chi connectivity index (χ2n) is 6.64. The third kappa shape index (κ3) is 3.29. The van der Waals surface area contributed by atoms with Crippen LogP contribution in [0, 0.1) is 5.82 Å². The Morgan fingerprint density at radius 1 is 1.19 bits per heavy atom. The lowest BCUT2D eigenvalue weighted by molar-refractivity contribution is 0.0944. The van der Waals surface area contributed by atoms with E-state index in [2.05, 4.69) is 25.1 Å². The van der Waals surface area contributed by atoms with Crippen molar-refractivity contribution in [3.05, 3.63) is 54.0 Å². The van der Waals surface area contributed by atoms with Gasteiger partial charge in [0.2, 0.25) is 0 Å². The van der Waals surface area contributed by atoms with Crippen LogP contribution in [0.3, 0.4) is 0 Å². The molecule has 1 N–H and O–H groups in total. The molecule has 0 bridgehead atoms. The summed E-state index contributed by atoms with van der Waals surface area (Å²) >= 11 is 0. The van der Waals surface area contributed by atoms with E-state index >= 15 is 0 Å². The van der Waals surface area contributed by atoms with Gasteiger partial charge in [0.1, 0.15) is 23.4 Å². The SMILES string of the molecule is O=C(NCc1nncn1C1CCCCC1)c1ccc2cccc(F)c2n1. The lowest BCUT2D eigenvalue weighted by Gasteiger charge is -2.24. The van der Waals surface area contributed by atoms with E-state index in [9.17, 15) is 9.18 Å². The van der Waals surface area contributed by atoms with E-state index < -0.39 is 5.82 Å². The number of carbonyl (C=O) groups excluding carboxylic acids is 1. The molecule has 26 heavy (non-hydrogen) atoms. The van der Waals surface area contributed by atoms with Crippen LogP contribution < -0.4 is 5.32 Å². The van der Waals surface area contributed by atoms with E-state index in [0.29, 0.717) is 11.4 Å². The Kier molecular flexibility index (Phi) is 4.60. The summed E-state index contributed by atoms with van der Waals surface area (Å²) in [6.07, 6.45) is 7.66. The molecule has 0 atom stereocenters. The lowest BCUT2D eigenvalue weighted by Crippen LogP contribution is -2.26. The highest BCUT2D eigenvalue weighted by Crippen LogP contribution is 2.28. The summed E-state index contributed by atoms with van der Waals surface area (Å²) in [7, 11) is 0. The fourth-order valence-corrected chi connectivity index (χ4v) is 3.54. The zero-order valence-corrected chi connectivity index (χ0v) is 14.4. The number of halogens is 1. The van der Waals surface area contributed by atoms with Crippen molar-refractivity contribution >= 4 is 16.8 Å². The second-order valence-corrected chi connectivity index (χ2v) is 6.64. The highest BCUT2D eigenvalue weighted by molar-refractivity contribution is 5.94. The number of amides is 1. The Morgan fingerprint density at radius 2 is 2.04 bits per heavy atom. The molecule has 0 aliphatic heterocycles. The molecule has 0 spiro atoms. The smallest absolute Gasteiger partial charge is 0.270 e. The Balaban J connectivity index is 1.48. The van der Waals surface area contributed by atoms with Gasteiger partial charge >= 0.3 is 0 Å². The molecule has 1 amide bonds. The van der Waals surface area contributed by atoms with Crippen LogP contribution in [-0.4, -0.2) is 25.7 Å². The number of hydrogen-bond acceptors (Lipinski definition) is 4. The number of carbonyl (C=O) groups is 1. The minimum atomic E-state index is -0.436. The van der Waals surface area contributed by atoms with Gasteiger partial charge in [0.25, 0.3) is 5.91 Å². The first-order valence-corrected chi connectivity index (χ1v) is 8.94. The molecule has 2 aromatic heterocycles. The van der Waals surface area contributed by atoms with Crippen LogP contribution in [0.1, 0.15) is 54.5 Å². The first-order chi connectivity index (χ1) is 12.7. The van der Waals surface area contributed by atoms with Crippen LogP contribution in [0.4, 0.5) is 4.39 Å². The van der Waals surface area contributed by atoms with Crippen molar-refractivity contribution in [2.45, 2.75) is 44.7 Å². The number of benzene rings is 1. The molecule has 1 aliphatic rings. The molecule has 1 aromatic carbocycles. The van der Waals surface area contributed by atoms with Crippen LogP contribution in [0.5, 0.6) is 0 Å². The van der Waals surface area contributed by atoms with Gasteiger partial charge in [-0.3, -0.25) is 4.79 Å². The van der Waals surface area contributed by atoms with Gasteiger partial charge in [0.05, 0.1) is 6.54 Å². The summed E-state index contributed by atoms with van der Waals surface area (Å²) in [6, 6.07) is 8.42. The summed E-state index contributed by atoms with van der Waals surface area (Å²) in [5.41, 5.74) is 0.386. The highest BCUT2D eigenvalue weighted by atomic mass is 19.1. The number of rotatable bonds is 4. The van der Waals surface area contributed by atoms with E-state index in [0.717, 1.165) is 18.7 Å². The summed E-state index contributed by atoms with van der Waals surface area (Å²) in [4.78, 5) is 16.6. The first kappa shape index (κ1) is 16.6. The third-order valence-electron chi connectivity index (χ3n) is 4.93. The van der Waals surface area contributed by atoms with Crippen molar-refractivity contribution in [1.29, 1.82) is 0 Å². The predicted octanol–water partition coefficient (Wildman–Crippen LogP) is 3.40. The quantitative estimate of drug-likeness (QED) is 0.780. The third-order valence-corrected chi connectivity index (χ3v) is 4.93. The van der Waals surface area contributed by atoms with Crippen molar-refractivity contribution < 1.29 is 9.18 Å². The van der Waals surface area contributed by atoms with E-state index in [-0.39, 0.29) is 23.7 Å². The maximum atomic E-state index is 13.9. The molecular formula is C19H20FN5O. The summed E-state index contributed by atoms with van der Waals surface area (Å²) in [6.45, 7) is 0.270. The molecule has 0 radical (unpaired) electrons. The number of para-hydroxylation sites is 1. The molecule has 1 aliphatic carbocycles. The topological polar surface area (TPSA) is 72.7 Å². The van der Waals surface area contributed by atoms with Crippen LogP contribution in [0.2, 0.25) is 0 Å². The fraction of sp³-hybridized carbons (Fsp3) is 0.368. The molecule has 7 heteroatoms. The fourth-order valence-electron chi connectivity index (χ4n) is 3.54. The largest absolute Gasteiger partial charge is 0.343 e. The Bertz CT molecular complexity index is 933.